The zero-order chi connectivity index (χ0) is 20.7. The number of imidazole rings is 1. The normalized spacial score (nSPS) is 11.4. The van der Waals surface area contributed by atoms with Crippen LogP contribution in [0, 0.1) is 0 Å². The van der Waals surface area contributed by atoms with E-state index in [0.717, 1.165) is 25.2 Å². The summed E-state index contributed by atoms with van der Waals surface area (Å²) in [6.07, 6.45) is 8.05. The first-order chi connectivity index (χ1) is 14.8. The minimum atomic E-state index is -0.374. The molecule has 0 saturated carbocycles. The number of rotatable bonds is 9. The molecule has 0 spiro atoms. The average Bonchev–Trinajstić information content (AvgIpc) is 3.35. The first-order valence-electron chi connectivity index (χ1n) is 10.4. The van der Waals surface area contributed by atoms with Gasteiger partial charge < -0.3 is 9.30 Å². The highest BCUT2D eigenvalue weighted by molar-refractivity contribution is 6.57. The smallest absolute Gasteiger partial charge is 0.128 e. The Labute approximate surface area is 181 Å². The number of hydrogen-bond acceptors (Lipinski definition) is 2. The molecule has 4 rings (SSSR count). The van der Waals surface area contributed by atoms with Gasteiger partial charge in [-0.25, -0.2) is 4.98 Å². The molecular weight excluding hydrogens is 384 g/mol. The summed E-state index contributed by atoms with van der Waals surface area (Å²) in [6.45, 7) is 2.94. The molecule has 1 aromatic heterocycles. The van der Waals surface area contributed by atoms with Crippen LogP contribution < -0.4 is 9.92 Å². The van der Waals surface area contributed by atoms with E-state index < -0.39 is 0 Å². The van der Waals surface area contributed by atoms with Crippen LogP contribution in [0.5, 0.6) is 5.75 Å². The third-order valence-electron chi connectivity index (χ3n) is 5.20. The largest absolute Gasteiger partial charge is 0.494 e. The molecule has 1 heterocycles. The van der Waals surface area contributed by atoms with Gasteiger partial charge in [0.05, 0.1) is 18.1 Å². The fourth-order valence-corrected chi connectivity index (χ4v) is 5.39. The summed E-state index contributed by atoms with van der Waals surface area (Å²) in [5.41, 5.74) is 2.48. The maximum absolute atomic E-state index is 5.99. The van der Waals surface area contributed by atoms with Gasteiger partial charge in [0, 0.05) is 12.4 Å². The Kier molecular flexibility index (Phi) is 6.45. The molecule has 0 amide bonds. The molecule has 4 aromatic rings. The van der Waals surface area contributed by atoms with Crippen molar-refractivity contribution in [1.29, 1.82) is 0 Å². The predicted octanol–water partition coefficient (Wildman–Crippen LogP) is 4.84. The number of benzene rings is 3. The van der Waals surface area contributed by atoms with Crippen LogP contribution in [0.1, 0.15) is 30.9 Å². The van der Waals surface area contributed by atoms with Crippen LogP contribution >= 0.6 is 0 Å². The van der Waals surface area contributed by atoms with Crippen molar-refractivity contribution in [2.75, 3.05) is 6.61 Å². The Bertz CT molecular complexity index is 994. The second-order valence-corrected chi connectivity index (χ2v) is 8.82. The van der Waals surface area contributed by atoms with E-state index in [1.807, 2.05) is 18.6 Å². The SMILES string of the molecule is CCCCOc1cccc([Si]C(c2ccccc2)(c2ccccc2)n2ccnc2)c1. The molecule has 0 unspecified atom stereocenters. The topological polar surface area (TPSA) is 27.1 Å². The van der Waals surface area contributed by atoms with Gasteiger partial charge in [-0.2, -0.15) is 0 Å². The summed E-state index contributed by atoms with van der Waals surface area (Å²) in [5, 5.41) is 0.881. The van der Waals surface area contributed by atoms with E-state index in [9.17, 15) is 0 Å². The lowest BCUT2D eigenvalue weighted by Crippen LogP contribution is -2.46. The highest BCUT2D eigenvalue weighted by Crippen LogP contribution is 2.33. The molecule has 0 atom stereocenters. The molecule has 0 aliphatic carbocycles. The van der Waals surface area contributed by atoms with Crippen molar-refractivity contribution in [3.63, 3.8) is 0 Å². The van der Waals surface area contributed by atoms with Crippen molar-refractivity contribution >= 4 is 14.7 Å². The lowest BCUT2D eigenvalue weighted by Gasteiger charge is -2.36. The third kappa shape index (κ3) is 4.24. The highest BCUT2D eigenvalue weighted by atomic mass is 28.2. The second-order valence-electron chi connectivity index (χ2n) is 7.27. The quantitative estimate of drug-likeness (QED) is 0.292. The Morgan fingerprint density at radius 3 is 2.20 bits per heavy atom. The van der Waals surface area contributed by atoms with Crippen molar-refractivity contribution in [2.24, 2.45) is 0 Å². The fraction of sp³-hybridized carbons (Fsp3) is 0.192. The van der Waals surface area contributed by atoms with Gasteiger partial charge in [-0.05, 0) is 29.7 Å². The Hall–Kier alpha value is -3.11. The van der Waals surface area contributed by atoms with Crippen LogP contribution in [0.3, 0.4) is 0 Å². The molecule has 0 aliphatic rings. The maximum atomic E-state index is 5.99. The second kappa shape index (κ2) is 9.59. The van der Waals surface area contributed by atoms with E-state index in [4.69, 9.17) is 4.74 Å². The summed E-state index contributed by atoms with van der Waals surface area (Å²) in [5.74, 6) is 0.939. The van der Waals surface area contributed by atoms with Crippen molar-refractivity contribution in [1.82, 2.24) is 9.55 Å². The van der Waals surface area contributed by atoms with Crippen LogP contribution in [0.4, 0.5) is 0 Å². The molecular formula is C26H26N2OSi. The molecule has 2 radical (unpaired) electrons. The standard InChI is InChI=1S/C26H26N2OSi/c1-2-3-19-29-24-15-10-16-25(20-24)30-26(28-18-17-27-21-28,22-11-6-4-7-12-22)23-13-8-5-9-14-23/h4-18,20-21H,2-3,19H2,1H3. The number of aromatic nitrogens is 2. The predicted molar refractivity (Wildman–Crippen MR) is 124 cm³/mol. The van der Waals surface area contributed by atoms with E-state index in [1.165, 1.54) is 16.3 Å². The maximum Gasteiger partial charge on any atom is 0.128 e. The van der Waals surface area contributed by atoms with Crippen molar-refractivity contribution in [3.8, 4) is 5.75 Å². The van der Waals surface area contributed by atoms with Crippen molar-refractivity contribution < 1.29 is 4.74 Å². The highest BCUT2D eigenvalue weighted by Gasteiger charge is 2.37. The van der Waals surface area contributed by atoms with Gasteiger partial charge in [-0.1, -0.05) is 91.3 Å². The average molecular weight is 411 g/mol. The first-order valence-corrected chi connectivity index (χ1v) is 11.4. The summed E-state index contributed by atoms with van der Waals surface area (Å²) < 4.78 is 8.23. The van der Waals surface area contributed by atoms with Gasteiger partial charge in [0.15, 0.2) is 0 Å². The molecule has 3 aromatic carbocycles. The van der Waals surface area contributed by atoms with Crippen molar-refractivity contribution in [3.05, 3.63) is 115 Å². The van der Waals surface area contributed by atoms with Crippen LogP contribution in [-0.2, 0) is 5.16 Å². The molecule has 0 fully saturated rings. The third-order valence-corrected chi connectivity index (χ3v) is 7.00. The van der Waals surface area contributed by atoms with E-state index >= 15 is 0 Å². The van der Waals surface area contributed by atoms with Gasteiger partial charge in [-0.15, -0.1) is 0 Å². The lowest BCUT2D eigenvalue weighted by molar-refractivity contribution is 0.309. The molecule has 150 valence electrons. The first kappa shape index (κ1) is 20.2. The van der Waals surface area contributed by atoms with Gasteiger partial charge in [0.1, 0.15) is 15.3 Å². The minimum absolute atomic E-state index is 0.374. The lowest BCUT2D eigenvalue weighted by atomic mass is 9.97. The molecule has 0 saturated heterocycles. The van der Waals surface area contributed by atoms with Crippen LogP contribution in [-0.4, -0.2) is 25.7 Å². The molecule has 0 bridgehead atoms. The number of ether oxygens (including phenoxy) is 1. The molecule has 0 aliphatic heterocycles. The summed E-state index contributed by atoms with van der Waals surface area (Å²) in [7, 11) is 0.460. The van der Waals surface area contributed by atoms with Gasteiger partial charge in [0.2, 0.25) is 0 Å². The van der Waals surface area contributed by atoms with Crippen LogP contribution in [0.2, 0.25) is 0 Å². The molecule has 0 N–H and O–H groups in total. The summed E-state index contributed by atoms with van der Waals surface area (Å²) in [6, 6.07) is 29.9. The van der Waals surface area contributed by atoms with Crippen LogP contribution in [0.15, 0.2) is 104 Å². The van der Waals surface area contributed by atoms with Gasteiger partial charge in [0.25, 0.3) is 0 Å². The monoisotopic (exact) mass is 410 g/mol. The van der Waals surface area contributed by atoms with Crippen molar-refractivity contribution in [2.45, 2.75) is 24.9 Å². The Balaban J connectivity index is 1.82. The zero-order valence-electron chi connectivity index (χ0n) is 17.2. The number of hydrogen-bond donors (Lipinski definition) is 0. The van der Waals surface area contributed by atoms with E-state index in [0.29, 0.717) is 9.52 Å². The number of nitrogens with zero attached hydrogens (tertiary/aromatic N) is 2. The fourth-order valence-electron chi connectivity index (χ4n) is 3.70. The van der Waals surface area contributed by atoms with E-state index in [-0.39, 0.29) is 5.16 Å². The molecule has 30 heavy (non-hydrogen) atoms. The Morgan fingerprint density at radius 2 is 1.60 bits per heavy atom. The molecule has 4 heteroatoms. The summed E-state index contributed by atoms with van der Waals surface area (Å²) in [4.78, 5) is 4.39. The molecule has 3 nitrogen and oxygen atoms in total. The number of unbranched alkanes of at least 4 members (excludes halogenated alkanes) is 1. The Morgan fingerprint density at radius 1 is 0.900 bits per heavy atom. The van der Waals surface area contributed by atoms with E-state index in [2.05, 4.69) is 102 Å². The van der Waals surface area contributed by atoms with Gasteiger partial charge in [-0.3, -0.25) is 0 Å². The van der Waals surface area contributed by atoms with Gasteiger partial charge >= 0.3 is 0 Å². The minimum Gasteiger partial charge on any atom is -0.494 e. The van der Waals surface area contributed by atoms with Crippen LogP contribution in [0.25, 0.3) is 0 Å². The zero-order valence-corrected chi connectivity index (χ0v) is 18.2. The van der Waals surface area contributed by atoms with E-state index in [1.54, 1.807) is 0 Å². The summed E-state index contributed by atoms with van der Waals surface area (Å²) >= 11 is 0.